The van der Waals surface area contributed by atoms with Crippen LogP contribution in [0.2, 0.25) is 0 Å². The molecule has 5 heteroatoms. The van der Waals surface area contributed by atoms with Crippen molar-refractivity contribution in [1.29, 1.82) is 0 Å². The highest BCUT2D eigenvalue weighted by Gasteiger charge is 2.19. The van der Waals surface area contributed by atoms with Crippen molar-refractivity contribution in [2.45, 2.75) is 33.6 Å². The van der Waals surface area contributed by atoms with Crippen molar-refractivity contribution in [1.82, 2.24) is 9.78 Å². The van der Waals surface area contributed by atoms with E-state index in [-0.39, 0.29) is 11.7 Å². The fourth-order valence-electron chi connectivity index (χ4n) is 2.97. The lowest BCUT2D eigenvalue weighted by Crippen LogP contribution is -2.14. The lowest BCUT2D eigenvalue weighted by Gasteiger charge is -2.10. The van der Waals surface area contributed by atoms with E-state index < -0.39 is 0 Å². The van der Waals surface area contributed by atoms with Crippen molar-refractivity contribution in [2.75, 3.05) is 5.32 Å². The number of benzene rings is 2. The second-order valence-corrected chi connectivity index (χ2v) is 6.67. The Kier molecular flexibility index (Phi) is 4.89. The number of halogens is 1. The van der Waals surface area contributed by atoms with Crippen LogP contribution in [0.15, 0.2) is 48.5 Å². The minimum Gasteiger partial charge on any atom is -0.322 e. The maximum absolute atomic E-state index is 13.2. The van der Waals surface area contributed by atoms with Gasteiger partial charge in [-0.3, -0.25) is 4.79 Å². The van der Waals surface area contributed by atoms with Crippen molar-refractivity contribution >= 4 is 11.6 Å². The molecule has 0 bridgehead atoms. The van der Waals surface area contributed by atoms with Gasteiger partial charge in [-0.15, -0.1) is 0 Å². The summed E-state index contributed by atoms with van der Waals surface area (Å²) in [5, 5.41) is 7.41. The fourth-order valence-corrected chi connectivity index (χ4v) is 2.97. The zero-order valence-electron chi connectivity index (χ0n) is 15.4. The van der Waals surface area contributed by atoms with Gasteiger partial charge in [0.15, 0.2) is 0 Å². The summed E-state index contributed by atoms with van der Waals surface area (Å²) in [6, 6.07) is 13.9. The van der Waals surface area contributed by atoms with Crippen LogP contribution in [-0.2, 0) is 0 Å². The minimum atomic E-state index is -0.307. The fraction of sp³-hybridized carbons (Fsp3) is 0.238. The highest BCUT2D eigenvalue weighted by Crippen LogP contribution is 2.22. The molecule has 4 nitrogen and oxygen atoms in total. The Hall–Kier alpha value is -2.95. The number of aromatic nitrogens is 2. The first-order valence-corrected chi connectivity index (χ1v) is 8.60. The molecule has 26 heavy (non-hydrogen) atoms. The van der Waals surface area contributed by atoms with E-state index in [0.717, 1.165) is 5.69 Å². The molecule has 0 atom stereocenters. The largest absolute Gasteiger partial charge is 0.322 e. The molecule has 0 radical (unpaired) electrons. The second kappa shape index (κ2) is 7.12. The topological polar surface area (TPSA) is 46.9 Å². The van der Waals surface area contributed by atoms with E-state index in [1.807, 2.05) is 31.2 Å². The van der Waals surface area contributed by atoms with Crippen LogP contribution in [0.5, 0.6) is 0 Å². The number of carbonyl (C=O) groups excluding carboxylic acids is 1. The van der Waals surface area contributed by atoms with E-state index in [1.54, 1.807) is 23.7 Å². The third-order valence-corrected chi connectivity index (χ3v) is 4.40. The highest BCUT2D eigenvalue weighted by atomic mass is 19.1. The van der Waals surface area contributed by atoms with Gasteiger partial charge >= 0.3 is 0 Å². The highest BCUT2D eigenvalue weighted by molar-refractivity contribution is 6.06. The van der Waals surface area contributed by atoms with Crippen molar-refractivity contribution in [3.05, 3.63) is 76.9 Å². The third-order valence-electron chi connectivity index (χ3n) is 4.40. The smallest absolute Gasteiger partial charge is 0.259 e. The summed E-state index contributed by atoms with van der Waals surface area (Å²) in [6.45, 7) is 7.86. The molecule has 0 spiro atoms. The second-order valence-electron chi connectivity index (χ2n) is 6.67. The number of amides is 1. The van der Waals surface area contributed by atoms with Gasteiger partial charge in [0.25, 0.3) is 5.91 Å². The van der Waals surface area contributed by atoms with Crippen molar-refractivity contribution in [2.24, 2.45) is 0 Å². The first kappa shape index (κ1) is 17.9. The lowest BCUT2D eigenvalue weighted by atomic mass is 10.0. The number of rotatable bonds is 4. The Morgan fingerprint density at radius 1 is 1.12 bits per heavy atom. The summed E-state index contributed by atoms with van der Waals surface area (Å²) in [4.78, 5) is 12.8. The maximum atomic E-state index is 13.2. The first-order chi connectivity index (χ1) is 12.4. The van der Waals surface area contributed by atoms with E-state index in [0.29, 0.717) is 28.6 Å². The molecule has 1 heterocycles. The summed E-state index contributed by atoms with van der Waals surface area (Å²) in [7, 11) is 0. The average Bonchev–Trinajstić information content (AvgIpc) is 2.90. The van der Waals surface area contributed by atoms with Crippen LogP contribution in [0.25, 0.3) is 5.69 Å². The van der Waals surface area contributed by atoms with Gasteiger partial charge in [0.1, 0.15) is 5.82 Å². The molecular weight excluding hydrogens is 329 g/mol. The third kappa shape index (κ3) is 3.52. The predicted octanol–water partition coefficient (Wildman–Crippen LogP) is 5.00. The number of anilines is 1. The molecule has 0 aliphatic carbocycles. The van der Waals surface area contributed by atoms with Crippen molar-refractivity contribution in [3.63, 3.8) is 0 Å². The van der Waals surface area contributed by atoms with Gasteiger partial charge in [0.05, 0.1) is 22.6 Å². The molecule has 1 amide bonds. The number of aryl methyl sites for hydroxylation is 1. The maximum Gasteiger partial charge on any atom is 0.259 e. The summed E-state index contributed by atoms with van der Waals surface area (Å²) < 4.78 is 14.8. The Bertz CT molecular complexity index is 942. The SMILES string of the molecule is Cc1nn(-c2ccc(F)cc2)c(C)c1C(=O)Nc1cccc(C(C)C)c1. The van der Waals surface area contributed by atoms with Gasteiger partial charge in [-0.05, 0) is 61.7 Å². The number of carbonyl (C=O) groups is 1. The van der Waals surface area contributed by atoms with Crippen LogP contribution < -0.4 is 5.32 Å². The van der Waals surface area contributed by atoms with Gasteiger partial charge in [-0.25, -0.2) is 9.07 Å². The molecule has 2 aromatic carbocycles. The zero-order valence-corrected chi connectivity index (χ0v) is 15.4. The summed E-state index contributed by atoms with van der Waals surface area (Å²) >= 11 is 0. The van der Waals surface area contributed by atoms with Crippen LogP contribution in [0.3, 0.4) is 0 Å². The Balaban J connectivity index is 1.91. The number of hydrogen-bond donors (Lipinski definition) is 1. The zero-order chi connectivity index (χ0) is 18.8. The molecule has 0 saturated heterocycles. The molecular formula is C21H22FN3O. The lowest BCUT2D eigenvalue weighted by molar-refractivity contribution is 0.102. The van der Waals surface area contributed by atoms with Crippen LogP contribution in [-0.4, -0.2) is 15.7 Å². The molecule has 0 saturated carbocycles. The van der Waals surface area contributed by atoms with Crippen LogP contribution >= 0.6 is 0 Å². The number of hydrogen-bond acceptors (Lipinski definition) is 2. The molecule has 1 aromatic heterocycles. The van der Waals surface area contributed by atoms with Gasteiger partial charge in [0.2, 0.25) is 0 Å². The van der Waals surface area contributed by atoms with Gasteiger partial charge in [0, 0.05) is 5.69 Å². The van der Waals surface area contributed by atoms with E-state index in [1.165, 1.54) is 17.7 Å². The summed E-state index contributed by atoms with van der Waals surface area (Å²) in [6.07, 6.45) is 0. The Labute approximate surface area is 152 Å². The van der Waals surface area contributed by atoms with E-state index >= 15 is 0 Å². The normalized spacial score (nSPS) is 11.0. The average molecular weight is 351 g/mol. The molecule has 0 unspecified atom stereocenters. The van der Waals surface area contributed by atoms with Gasteiger partial charge in [-0.1, -0.05) is 26.0 Å². The first-order valence-electron chi connectivity index (χ1n) is 8.60. The molecule has 3 aromatic rings. The summed E-state index contributed by atoms with van der Waals surface area (Å²) in [5.41, 5.74) is 4.51. The van der Waals surface area contributed by atoms with Crippen LogP contribution in [0, 0.1) is 19.7 Å². The molecule has 3 rings (SSSR count). The van der Waals surface area contributed by atoms with Gasteiger partial charge < -0.3 is 5.32 Å². The van der Waals surface area contributed by atoms with Crippen molar-refractivity contribution in [3.8, 4) is 5.69 Å². The quantitative estimate of drug-likeness (QED) is 0.719. The van der Waals surface area contributed by atoms with Crippen LogP contribution in [0.1, 0.15) is 47.1 Å². The summed E-state index contributed by atoms with van der Waals surface area (Å²) in [5.74, 6) is -0.121. The van der Waals surface area contributed by atoms with Crippen molar-refractivity contribution < 1.29 is 9.18 Å². The minimum absolute atomic E-state index is 0.200. The Morgan fingerprint density at radius 3 is 2.46 bits per heavy atom. The number of nitrogens with one attached hydrogen (secondary N) is 1. The van der Waals surface area contributed by atoms with Crippen LogP contribution in [0.4, 0.5) is 10.1 Å². The van der Waals surface area contributed by atoms with Gasteiger partial charge in [-0.2, -0.15) is 5.10 Å². The van der Waals surface area contributed by atoms with E-state index in [9.17, 15) is 9.18 Å². The van der Waals surface area contributed by atoms with E-state index in [2.05, 4.69) is 24.3 Å². The molecule has 0 fully saturated rings. The molecule has 0 aliphatic heterocycles. The number of nitrogens with zero attached hydrogens (tertiary/aromatic N) is 2. The Morgan fingerprint density at radius 2 is 1.81 bits per heavy atom. The monoisotopic (exact) mass is 351 g/mol. The molecule has 0 aliphatic rings. The standard InChI is InChI=1S/C21H22FN3O/c1-13(2)16-6-5-7-18(12-16)23-21(26)20-14(3)24-25(15(20)4)19-10-8-17(22)9-11-19/h5-13H,1-4H3,(H,23,26). The molecule has 134 valence electrons. The predicted molar refractivity (Wildman–Crippen MR) is 101 cm³/mol. The van der Waals surface area contributed by atoms with E-state index in [4.69, 9.17) is 0 Å². The molecule has 1 N–H and O–H groups in total.